The van der Waals surface area contributed by atoms with Crippen molar-refractivity contribution in [1.29, 1.82) is 0 Å². The zero-order valence-corrected chi connectivity index (χ0v) is 17.2. The van der Waals surface area contributed by atoms with Gasteiger partial charge in [-0.3, -0.25) is 0 Å². The first-order chi connectivity index (χ1) is 14.1. The predicted octanol–water partition coefficient (Wildman–Crippen LogP) is 6.97. The van der Waals surface area contributed by atoms with Crippen molar-refractivity contribution in [1.82, 2.24) is 0 Å². The average Bonchev–Trinajstić information content (AvgIpc) is 3.12. The lowest BCUT2D eigenvalue weighted by molar-refractivity contribution is 1.11. The van der Waals surface area contributed by atoms with Crippen molar-refractivity contribution in [2.45, 2.75) is 13.3 Å². The van der Waals surface area contributed by atoms with Gasteiger partial charge in [0.05, 0.1) is 0 Å². The van der Waals surface area contributed by atoms with E-state index >= 15 is 0 Å². The van der Waals surface area contributed by atoms with E-state index in [1.807, 2.05) is 0 Å². The molecule has 1 nitrogen and oxygen atoms in total. The maximum atomic E-state index is 2.37. The molecule has 5 rings (SSSR count). The first kappa shape index (κ1) is 17.8. The summed E-state index contributed by atoms with van der Waals surface area (Å²) in [6, 6.07) is 31.0. The van der Waals surface area contributed by atoms with Crippen LogP contribution in [0.5, 0.6) is 0 Å². The van der Waals surface area contributed by atoms with E-state index in [1.165, 1.54) is 55.8 Å². The Hall–Kier alpha value is -3.32. The normalized spacial score (nSPS) is 11.8. The lowest BCUT2D eigenvalue weighted by Gasteiger charge is -2.23. The highest BCUT2D eigenvalue weighted by molar-refractivity contribution is 5.92. The van der Waals surface area contributed by atoms with Crippen molar-refractivity contribution in [3.8, 4) is 33.4 Å². The van der Waals surface area contributed by atoms with Crippen LogP contribution in [0.4, 0.5) is 5.69 Å². The van der Waals surface area contributed by atoms with Crippen molar-refractivity contribution in [2.24, 2.45) is 0 Å². The molecule has 1 aliphatic carbocycles. The van der Waals surface area contributed by atoms with E-state index in [1.54, 1.807) is 0 Å². The summed E-state index contributed by atoms with van der Waals surface area (Å²) in [6.07, 6.45) is 1.00. The average molecular weight is 376 g/mol. The second kappa shape index (κ2) is 6.93. The van der Waals surface area contributed by atoms with Crippen molar-refractivity contribution < 1.29 is 0 Å². The van der Waals surface area contributed by atoms with Crippen LogP contribution in [-0.2, 0) is 6.42 Å². The molecule has 0 bridgehead atoms. The highest BCUT2D eigenvalue weighted by Crippen LogP contribution is 2.45. The molecule has 1 aliphatic rings. The molecule has 0 unspecified atom stereocenters. The number of aryl methyl sites for hydroxylation is 1. The van der Waals surface area contributed by atoms with Gasteiger partial charge in [-0.15, -0.1) is 0 Å². The molecule has 4 aromatic carbocycles. The van der Waals surface area contributed by atoms with Crippen LogP contribution >= 0.6 is 0 Å². The number of fused-ring (bicyclic) bond motifs is 3. The van der Waals surface area contributed by atoms with Gasteiger partial charge in [-0.05, 0) is 70.0 Å². The fourth-order valence-electron chi connectivity index (χ4n) is 4.79. The summed E-state index contributed by atoms with van der Waals surface area (Å²) in [5.41, 5.74) is 13.4. The van der Waals surface area contributed by atoms with Crippen molar-refractivity contribution in [3.63, 3.8) is 0 Å². The van der Waals surface area contributed by atoms with E-state index in [2.05, 4.69) is 111 Å². The predicted molar refractivity (Wildman–Crippen MR) is 125 cm³/mol. The van der Waals surface area contributed by atoms with Gasteiger partial charge in [-0.2, -0.15) is 0 Å². The van der Waals surface area contributed by atoms with Gasteiger partial charge in [0.15, 0.2) is 0 Å². The highest BCUT2D eigenvalue weighted by Gasteiger charge is 2.23. The molecule has 0 saturated carbocycles. The summed E-state index contributed by atoms with van der Waals surface area (Å²) < 4.78 is 0. The molecule has 0 aliphatic heterocycles. The van der Waals surface area contributed by atoms with Crippen LogP contribution in [0.1, 0.15) is 16.7 Å². The van der Waals surface area contributed by atoms with Crippen LogP contribution in [0.2, 0.25) is 0 Å². The molecule has 0 spiro atoms. The van der Waals surface area contributed by atoms with Gasteiger partial charge in [0.2, 0.25) is 0 Å². The maximum absolute atomic E-state index is 2.37. The smallest absolute Gasteiger partial charge is 0.0470 e. The standard InChI is InChI=1S/C28H25N/c1-19-16-22(20-10-5-4-6-11-20)18-27(28(19)29(2)3)25-15-9-14-24-23-13-8-7-12-21(23)17-26(24)25/h4-16,18H,17H2,1-3H3. The van der Waals surface area contributed by atoms with E-state index in [-0.39, 0.29) is 0 Å². The van der Waals surface area contributed by atoms with E-state index in [0.29, 0.717) is 0 Å². The van der Waals surface area contributed by atoms with Crippen LogP contribution in [-0.4, -0.2) is 14.1 Å². The second-order valence-electron chi connectivity index (χ2n) is 8.12. The Balaban J connectivity index is 1.76. The van der Waals surface area contributed by atoms with Crippen LogP contribution in [0, 0.1) is 6.92 Å². The van der Waals surface area contributed by atoms with Crippen LogP contribution in [0.25, 0.3) is 33.4 Å². The summed E-state index contributed by atoms with van der Waals surface area (Å²) in [6.45, 7) is 2.23. The molecule has 1 heteroatoms. The molecule has 0 aromatic heterocycles. The molecule has 0 atom stereocenters. The largest absolute Gasteiger partial charge is 0.377 e. The Morgan fingerprint density at radius 2 is 1.28 bits per heavy atom. The highest BCUT2D eigenvalue weighted by atomic mass is 15.1. The minimum Gasteiger partial charge on any atom is -0.377 e. The van der Waals surface area contributed by atoms with E-state index in [9.17, 15) is 0 Å². The van der Waals surface area contributed by atoms with Gasteiger partial charge >= 0.3 is 0 Å². The third-order valence-electron chi connectivity index (χ3n) is 6.00. The Bertz CT molecular complexity index is 1200. The number of hydrogen-bond donors (Lipinski definition) is 0. The van der Waals surface area contributed by atoms with E-state index in [0.717, 1.165) is 6.42 Å². The summed E-state index contributed by atoms with van der Waals surface area (Å²) in [5.74, 6) is 0. The number of anilines is 1. The number of hydrogen-bond acceptors (Lipinski definition) is 1. The Kier molecular flexibility index (Phi) is 4.24. The summed E-state index contributed by atoms with van der Waals surface area (Å²) in [5, 5.41) is 0. The Morgan fingerprint density at radius 1 is 0.621 bits per heavy atom. The molecule has 142 valence electrons. The molecule has 0 heterocycles. The van der Waals surface area contributed by atoms with Gasteiger partial charge in [-0.25, -0.2) is 0 Å². The lowest BCUT2D eigenvalue weighted by Crippen LogP contribution is -2.12. The number of rotatable bonds is 3. The Labute approximate surface area is 173 Å². The number of benzene rings is 4. The molecule has 0 saturated heterocycles. The van der Waals surface area contributed by atoms with Crippen LogP contribution in [0.15, 0.2) is 84.9 Å². The fraction of sp³-hybridized carbons (Fsp3) is 0.143. The van der Waals surface area contributed by atoms with Gasteiger partial charge < -0.3 is 4.90 Å². The summed E-state index contributed by atoms with van der Waals surface area (Å²) in [4.78, 5) is 2.25. The van der Waals surface area contributed by atoms with Crippen molar-refractivity contribution in [2.75, 3.05) is 19.0 Å². The molecule has 0 amide bonds. The summed E-state index contributed by atoms with van der Waals surface area (Å²) >= 11 is 0. The van der Waals surface area contributed by atoms with Crippen molar-refractivity contribution in [3.05, 3.63) is 102 Å². The monoisotopic (exact) mass is 375 g/mol. The first-order valence-corrected chi connectivity index (χ1v) is 10.2. The Morgan fingerprint density at radius 3 is 2.03 bits per heavy atom. The first-order valence-electron chi connectivity index (χ1n) is 10.2. The van der Waals surface area contributed by atoms with Crippen LogP contribution < -0.4 is 4.90 Å². The minimum absolute atomic E-state index is 1.00. The molecule has 0 fully saturated rings. The third-order valence-corrected chi connectivity index (χ3v) is 6.00. The van der Waals surface area contributed by atoms with Gasteiger partial charge in [0, 0.05) is 25.3 Å². The lowest BCUT2D eigenvalue weighted by atomic mass is 9.90. The van der Waals surface area contributed by atoms with Gasteiger partial charge in [-0.1, -0.05) is 72.8 Å². The van der Waals surface area contributed by atoms with Gasteiger partial charge in [0.1, 0.15) is 0 Å². The number of nitrogens with zero attached hydrogens (tertiary/aromatic N) is 1. The fourth-order valence-corrected chi connectivity index (χ4v) is 4.79. The summed E-state index contributed by atoms with van der Waals surface area (Å²) in [7, 11) is 4.29. The van der Waals surface area contributed by atoms with Crippen LogP contribution in [0.3, 0.4) is 0 Å². The topological polar surface area (TPSA) is 3.24 Å². The quantitative estimate of drug-likeness (QED) is 0.329. The van der Waals surface area contributed by atoms with E-state index in [4.69, 9.17) is 0 Å². The van der Waals surface area contributed by atoms with Gasteiger partial charge in [0.25, 0.3) is 0 Å². The van der Waals surface area contributed by atoms with Crippen molar-refractivity contribution >= 4 is 5.69 Å². The van der Waals surface area contributed by atoms with E-state index < -0.39 is 0 Å². The third kappa shape index (κ3) is 2.94. The molecule has 0 N–H and O–H groups in total. The zero-order valence-electron chi connectivity index (χ0n) is 17.2. The second-order valence-corrected chi connectivity index (χ2v) is 8.12. The molecule has 4 aromatic rings. The molecular weight excluding hydrogens is 350 g/mol. The maximum Gasteiger partial charge on any atom is 0.0470 e. The molecule has 29 heavy (non-hydrogen) atoms. The SMILES string of the molecule is Cc1cc(-c2ccccc2)cc(-c2cccc3c2Cc2ccccc2-3)c1N(C)C. The molecule has 0 radical (unpaired) electrons. The zero-order chi connectivity index (χ0) is 20.0. The molecular formula is C28H25N. The minimum atomic E-state index is 1.00.